The van der Waals surface area contributed by atoms with E-state index < -0.39 is 23.6 Å². The van der Waals surface area contributed by atoms with E-state index in [2.05, 4.69) is 34.8 Å². The van der Waals surface area contributed by atoms with Crippen molar-refractivity contribution in [1.82, 2.24) is 34.8 Å². The SMILES string of the molecule is C=C(F)C(=O)N1CC[C@H](n2ncc3c(O[C@@H](C)[C@@H]4CCCN4C)nc4c(F)c(-c5c(C)c(C)cc6[nH]ncc56)c(C)cc4c32)C[C@H]1CC#N. The van der Waals surface area contributed by atoms with Gasteiger partial charge in [0.05, 0.1) is 47.3 Å². The van der Waals surface area contributed by atoms with Crippen LogP contribution in [0.1, 0.15) is 61.8 Å². The Morgan fingerprint density at radius 3 is 2.65 bits per heavy atom. The molecule has 0 spiro atoms. The van der Waals surface area contributed by atoms with Gasteiger partial charge in [0, 0.05) is 35.0 Å². The quantitative estimate of drug-likeness (QED) is 0.186. The predicted octanol–water partition coefficient (Wildman–Crippen LogP) is 6.98. The molecule has 4 atom stereocenters. The molecular formula is C37H40F2N8O2. The number of likely N-dealkylation sites (N-methyl/N-ethyl adjacent to an activating group) is 1. The van der Waals surface area contributed by atoms with Crippen molar-refractivity contribution >= 4 is 38.6 Å². The lowest BCUT2D eigenvalue weighted by Gasteiger charge is -2.38. The summed E-state index contributed by atoms with van der Waals surface area (Å²) >= 11 is 0. The number of benzene rings is 2. The Balaban J connectivity index is 1.43. The van der Waals surface area contributed by atoms with Crippen LogP contribution >= 0.6 is 0 Å². The van der Waals surface area contributed by atoms with E-state index in [-0.39, 0.29) is 36.7 Å². The lowest BCUT2D eigenvalue weighted by atomic mass is 9.89. The highest BCUT2D eigenvalue weighted by molar-refractivity contribution is 6.09. The van der Waals surface area contributed by atoms with Crippen molar-refractivity contribution < 1.29 is 18.3 Å². The summed E-state index contributed by atoms with van der Waals surface area (Å²) in [5, 5.41) is 23.8. The summed E-state index contributed by atoms with van der Waals surface area (Å²) < 4.78 is 39.7. The van der Waals surface area contributed by atoms with Gasteiger partial charge in [0.15, 0.2) is 11.6 Å². The molecule has 49 heavy (non-hydrogen) atoms. The second kappa shape index (κ2) is 12.5. The number of carbonyl (C=O) groups excluding carboxylic acids is 1. The minimum Gasteiger partial charge on any atom is -0.472 e. The molecule has 5 aromatic rings. The van der Waals surface area contributed by atoms with Gasteiger partial charge in [0.2, 0.25) is 5.88 Å². The molecule has 2 fully saturated rings. The van der Waals surface area contributed by atoms with Gasteiger partial charge in [0.1, 0.15) is 11.6 Å². The Bertz CT molecular complexity index is 2180. The first-order valence-corrected chi connectivity index (χ1v) is 16.8. The van der Waals surface area contributed by atoms with Crippen LogP contribution in [0.15, 0.2) is 36.9 Å². The molecular weight excluding hydrogens is 626 g/mol. The van der Waals surface area contributed by atoms with Crippen LogP contribution in [0.25, 0.3) is 43.8 Å². The maximum absolute atomic E-state index is 17.3. The molecule has 3 aromatic heterocycles. The molecule has 7 rings (SSSR count). The van der Waals surface area contributed by atoms with Crippen LogP contribution in [0.3, 0.4) is 0 Å². The van der Waals surface area contributed by atoms with Crippen molar-refractivity contribution in [3.8, 4) is 23.1 Å². The predicted molar refractivity (Wildman–Crippen MR) is 184 cm³/mol. The maximum Gasteiger partial charge on any atom is 0.282 e. The highest BCUT2D eigenvalue weighted by Crippen LogP contribution is 2.43. The summed E-state index contributed by atoms with van der Waals surface area (Å²) in [6.45, 7) is 12.3. The second-order valence-corrected chi connectivity index (χ2v) is 13.7. The van der Waals surface area contributed by atoms with Gasteiger partial charge in [-0.1, -0.05) is 6.58 Å². The van der Waals surface area contributed by atoms with E-state index in [0.717, 1.165) is 52.5 Å². The number of aryl methyl sites for hydroxylation is 2. The number of nitrogens with one attached hydrogen (secondary N) is 1. The normalized spacial score (nSPS) is 20.7. The van der Waals surface area contributed by atoms with Gasteiger partial charge in [-0.2, -0.15) is 15.5 Å². The molecule has 2 aromatic carbocycles. The van der Waals surface area contributed by atoms with Crippen LogP contribution in [-0.2, 0) is 4.79 Å². The summed E-state index contributed by atoms with van der Waals surface area (Å²) in [6.07, 6.45) is 6.15. The van der Waals surface area contributed by atoms with Crippen LogP contribution in [0.4, 0.5) is 8.78 Å². The van der Waals surface area contributed by atoms with E-state index in [1.807, 2.05) is 44.5 Å². The van der Waals surface area contributed by atoms with Gasteiger partial charge >= 0.3 is 0 Å². The molecule has 0 saturated carbocycles. The summed E-state index contributed by atoms with van der Waals surface area (Å²) in [6, 6.07) is 5.53. The van der Waals surface area contributed by atoms with Gasteiger partial charge in [0.25, 0.3) is 5.91 Å². The lowest BCUT2D eigenvalue weighted by Crippen LogP contribution is -2.46. The lowest BCUT2D eigenvalue weighted by molar-refractivity contribution is -0.132. The summed E-state index contributed by atoms with van der Waals surface area (Å²) in [5.74, 6) is -2.01. The number of likely N-dealkylation sites (tertiary alicyclic amines) is 2. The Hall–Kier alpha value is -4.89. The zero-order valence-corrected chi connectivity index (χ0v) is 28.5. The molecule has 5 heterocycles. The first-order valence-electron chi connectivity index (χ1n) is 16.8. The third-order valence-electron chi connectivity index (χ3n) is 10.7. The number of aromatic amines is 1. The maximum atomic E-state index is 17.3. The number of rotatable bonds is 7. The third kappa shape index (κ3) is 5.40. The van der Waals surface area contributed by atoms with Gasteiger partial charge in [-0.05, 0) is 101 Å². The highest BCUT2D eigenvalue weighted by Gasteiger charge is 2.36. The molecule has 1 amide bonds. The van der Waals surface area contributed by atoms with Crippen molar-refractivity contribution in [2.24, 2.45) is 0 Å². The number of carbonyl (C=O) groups is 1. The average Bonchev–Trinajstić information content (AvgIpc) is 3.83. The topological polar surface area (TPSA) is 116 Å². The van der Waals surface area contributed by atoms with Crippen LogP contribution in [0.5, 0.6) is 5.88 Å². The fourth-order valence-electron chi connectivity index (χ4n) is 8.09. The Kier molecular flexibility index (Phi) is 8.35. The summed E-state index contributed by atoms with van der Waals surface area (Å²) in [7, 11) is 2.08. The molecule has 2 saturated heterocycles. The second-order valence-electron chi connectivity index (χ2n) is 13.7. The number of H-pyrrole nitrogens is 1. The van der Waals surface area contributed by atoms with Crippen molar-refractivity contribution in [1.29, 1.82) is 5.26 Å². The molecule has 0 bridgehead atoms. The number of ether oxygens (including phenoxy) is 1. The monoisotopic (exact) mass is 666 g/mol. The van der Waals surface area contributed by atoms with Crippen LogP contribution < -0.4 is 4.74 Å². The van der Waals surface area contributed by atoms with Crippen molar-refractivity contribution in [2.75, 3.05) is 20.1 Å². The largest absolute Gasteiger partial charge is 0.472 e. The number of pyridine rings is 1. The molecule has 2 aliphatic rings. The average molecular weight is 667 g/mol. The third-order valence-corrected chi connectivity index (χ3v) is 10.7. The van der Waals surface area contributed by atoms with Crippen molar-refractivity contribution in [2.45, 2.75) is 84.0 Å². The van der Waals surface area contributed by atoms with Gasteiger partial charge in [-0.15, -0.1) is 0 Å². The van der Waals surface area contributed by atoms with Crippen LogP contribution in [0, 0.1) is 37.9 Å². The Labute approximate surface area is 283 Å². The van der Waals surface area contributed by atoms with Crippen LogP contribution in [0.2, 0.25) is 0 Å². The number of nitriles is 1. The number of hydrogen-bond donors (Lipinski definition) is 1. The highest BCUT2D eigenvalue weighted by atomic mass is 19.1. The fourth-order valence-corrected chi connectivity index (χ4v) is 8.09. The first kappa shape index (κ1) is 32.6. The molecule has 0 unspecified atom stereocenters. The van der Waals surface area contributed by atoms with E-state index >= 15 is 4.39 Å². The standard InChI is InChI=1S/C37H40F2N8O2/c1-19-15-29-27(17-41-44-29)32(21(19)3)31-20(2)14-26-34(33(31)39)43-36(49-23(5)30-8-7-12-45(30)6)28-18-42-47(35(26)28)25-10-13-46(37(48)22(4)38)24(16-25)9-11-40/h14-15,17-18,23-25,30H,4,7-10,12-13,16H2,1-3,5-6H3,(H,41,44)/t23-,24+,25-,30-/m0/s1. The Morgan fingerprint density at radius 1 is 1.14 bits per heavy atom. The van der Waals surface area contributed by atoms with Gasteiger partial charge in [-0.3, -0.25) is 19.5 Å². The number of hydrogen-bond acceptors (Lipinski definition) is 7. The molecule has 10 nitrogen and oxygen atoms in total. The molecule has 0 radical (unpaired) electrons. The minimum absolute atomic E-state index is 0.0349. The van der Waals surface area contributed by atoms with E-state index in [1.165, 1.54) is 4.90 Å². The number of fused-ring (bicyclic) bond motifs is 4. The molecule has 254 valence electrons. The summed E-state index contributed by atoms with van der Waals surface area (Å²) in [5.41, 5.74) is 5.59. The van der Waals surface area contributed by atoms with Crippen LogP contribution in [-0.4, -0.2) is 79.0 Å². The zero-order chi connectivity index (χ0) is 34.7. The fraction of sp³-hybridized carbons (Fsp3) is 0.432. The number of piperidine rings is 1. The smallest absolute Gasteiger partial charge is 0.282 e. The number of halogens is 2. The van der Waals surface area contributed by atoms with Crippen molar-refractivity contribution in [3.05, 3.63) is 59.4 Å². The van der Waals surface area contributed by atoms with E-state index in [0.29, 0.717) is 40.6 Å². The number of aromatic nitrogens is 5. The van der Waals surface area contributed by atoms with E-state index in [9.17, 15) is 14.4 Å². The van der Waals surface area contributed by atoms with Gasteiger partial charge in [-0.25, -0.2) is 13.8 Å². The minimum atomic E-state index is -1.05. The number of nitrogens with zero attached hydrogens (tertiary/aromatic N) is 7. The molecule has 2 aliphatic heterocycles. The van der Waals surface area contributed by atoms with E-state index in [4.69, 9.17) is 14.8 Å². The summed E-state index contributed by atoms with van der Waals surface area (Å²) in [4.78, 5) is 21.2. The molecule has 1 N–H and O–H groups in total. The Morgan fingerprint density at radius 2 is 1.94 bits per heavy atom. The first-order chi connectivity index (χ1) is 23.5. The van der Waals surface area contributed by atoms with Gasteiger partial charge < -0.3 is 9.64 Å². The molecule has 12 heteroatoms. The molecule has 0 aliphatic carbocycles. The zero-order valence-electron chi connectivity index (χ0n) is 28.5. The van der Waals surface area contributed by atoms with Crippen molar-refractivity contribution in [3.63, 3.8) is 0 Å². The van der Waals surface area contributed by atoms with E-state index in [1.54, 1.807) is 12.4 Å². The number of amides is 1.